The molecule has 0 saturated heterocycles. The summed E-state index contributed by atoms with van der Waals surface area (Å²) in [7, 11) is 0. The molecule has 0 aliphatic rings. The highest BCUT2D eigenvalue weighted by Crippen LogP contribution is 1.95. The van der Waals surface area contributed by atoms with Crippen molar-refractivity contribution < 1.29 is 0 Å². The molecule has 0 fully saturated rings. The molecule has 0 rings (SSSR count). The topological polar surface area (TPSA) is 0 Å². The van der Waals surface area contributed by atoms with Crippen LogP contribution in [0.3, 0.4) is 0 Å². The molecule has 0 aliphatic carbocycles. The molecule has 3 heteroatoms. The number of halogens is 2. The number of unbranched alkanes of at least 4 members (excludes halogenated alkanes) is 3. The van der Waals surface area contributed by atoms with Crippen LogP contribution in [0.25, 0.3) is 0 Å². The third kappa shape index (κ3) is 28.7. The first kappa shape index (κ1) is 22.6. The summed E-state index contributed by atoms with van der Waals surface area (Å²) in [6.45, 7) is 4.46. The normalized spacial score (nSPS) is 6.00. The lowest BCUT2D eigenvalue weighted by Crippen LogP contribution is -1.66. The highest BCUT2D eigenvalue weighted by Gasteiger charge is 1.75. The Bertz CT molecular complexity index is 23.0. The predicted molar refractivity (Wildman–Crippen MR) is 50.1 cm³/mol. The summed E-state index contributed by atoms with van der Waals surface area (Å²) in [5, 5.41) is 0. The summed E-state index contributed by atoms with van der Waals surface area (Å²) in [5.41, 5.74) is 0. The fraction of sp³-hybridized carbons (Fsp3) is 1.00. The Morgan fingerprint density at radius 3 is 1.11 bits per heavy atom. The molecule has 57 valence electrons. The van der Waals surface area contributed by atoms with Gasteiger partial charge in [-0.3, -0.25) is 0 Å². The van der Waals surface area contributed by atoms with Crippen molar-refractivity contribution in [2.75, 3.05) is 0 Å². The Balaban J connectivity index is -0.0000000417. The molecule has 0 unspecified atom stereocenters. The average molecular weight is 170 g/mol. The van der Waals surface area contributed by atoms with E-state index >= 15 is 0 Å². The Labute approximate surface area is 73.2 Å². The zero-order valence-electron chi connectivity index (χ0n) is 6.22. The first-order valence-electron chi connectivity index (χ1n) is 2.91. The van der Waals surface area contributed by atoms with E-state index in [1.165, 1.54) is 25.7 Å². The standard InChI is InChI=1S/C6H14.B.2ClH/c1-3-5-6-4-2;;;/h3-6H2,1-2H3;;2*1H. The molecule has 0 saturated carbocycles. The number of hydrogen-bond acceptors (Lipinski definition) is 0. The first-order valence-corrected chi connectivity index (χ1v) is 2.91. The highest BCUT2D eigenvalue weighted by atomic mass is 35.5. The number of hydrogen-bond donors (Lipinski definition) is 0. The maximum Gasteiger partial charge on any atom is 0 e. The van der Waals surface area contributed by atoms with Gasteiger partial charge in [0.2, 0.25) is 0 Å². The van der Waals surface area contributed by atoms with E-state index in [2.05, 4.69) is 13.8 Å². The van der Waals surface area contributed by atoms with Crippen molar-refractivity contribution in [1.29, 1.82) is 0 Å². The zero-order valence-corrected chi connectivity index (χ0v) is 7.86. The van der Waals surface area contributed by atoms with Crippen molar-refractivity contribution in [3.8, 4) is 0 Å². The van der Waals surface area contributed by atoms with Crippen LogP contribution in [0, 0.1) is 0 Å². The van der Waals surface area contributed by atoms with Crippen LogP contribution >= 0.6 is 24.8 Å². The van der Waals surface area contributed by atoms with E-state index in [0.29, 0.717) is 0 Å². The van der Waals surface area contributed by atoms with Crippen LogP contribution in [-0.4, -0.2) is 8.41 Å². The van der Waals surface area contributed by atoms with Gasteiger partial charge in [-0.25, -0.2) is 0 Å². The summed E-state index contributed by atoms with van der Waals surface area (Å²) in [4.78, 5) is 0. The minimum Gasteiger partial charge on any atom is -0.147 e. The summed E-state index contributed by atoms with van der Waals surface area (Å²) in [5.74, 6) is 0. The van der Waals surface area contributed by atoms with Gasteiger partial charge in [0, 0.05) is 8.41 Å². The van der Waals surface area contributed by atoms with E-state index in [1.807, 2.05) is 0 Å². The Hall–Kier alpha value is 0.645. The lowest BCUT2D eigenvalue weighted by molar-refractivity contribution is 0.702. The molecule has 3 radical (unpaired) electrons. The van der Waals surface area contributed by atoms with Gasteiger partial charge < -0.3 is 0 Å². The third-order valence-electron chi connectivity index (χ3n) is 0.957. The molecule has 0 aromatic heterocycles. The van der Waals surface area contributed by atoms with Crippen LogP contribution in [0.15, 0.2) is 0 Å². The monoisotopic (exact) mass is 169 g/mol. The molecule has 0 aromatic carbocycles. The highest BCUT2D eigenvalue weighted by molar-refractivity contribution is 5.85. The molecule has 0 heterocycles. The van der Waals surface area contributed by atoms with Crippen molar-refractivity contribution >= 4 is 33.2 Å². The van der Waals surface area contributed by atoms with Gasteiger partial charge in [-0.05, 0) is 0 Å². The Morgan fingerprint density at radius 2 is 1.00 bits per heavy atom. The molecule has 0 amide bonds. The van der Waals surface area contributed by atoms with E-state index in [-0.39, 0.29) is 33.2 Å². The second-order valence-electron chi connectivity index (χ2n) is 1.71. The molecule has 0 bridgehead atoms. The fourth-order valence-electron chi connectivity index (χ4n) is 0.500. The Morgan fingerprint density at radius 1 is 0.778 bits per heavy atom. The van der Waals surface area contributed by atoms with E-state index in [4.69, 9.17) is 0 Å². The molecule has 0 aliphatic heterocycles. The van der Waals surface area contributed by atoms with E-state index in [1.54, 1.807) is 0 Å². The second-order valence-corrected chi connectivity index (χ2v) is 1.71. The molecule has 0 atom stereocenters. The van der Waals surface area contributed by atoms with Gasteiger partial charge >= 0.3 is 0 Å². The largest absolute Gasteiger partial charge is 0.147 e. The van der Waals surface area contributed by atoms with Crippen molar-refractivity contribution in [1.82, 2.24) is 0 Å². The number of rotatable bonds is 3. The van der Waals surface area contributed by atoms with Gasteiger partial charge in [0.1, 0.15) is 0 Å². The molecule has 0 nitrogen and oxygen atoms in total. The van der Waals surface area contributed by atoms with E-state index in [9.17, 15) is 0 Å². The molecule has 0 aromatic rings. The van der Waals surface area contributed by atoms with Gasteiger partial charge in [0.25, 0.3) is 0 Å². The summed E-state index contributed by atoms with van der Waals surface area (Å²) in [6, 6.07) is 0. The Kier molecular flexibility index (Phi) is 58.9. The zero-order chi connectivity index (χ0) is 4.83. The van der Waals surface area contributed by atoms with Crippen LogP contribution in [-0.2, 0) is 0 Å². The quantitative estimate of drug-likeness (QED) is 0.450. The van der Waals surface area contributed by atoms with Crippen molar-refractivity contribution in [3.05, 3.63) is 0 Å². The lowest BCUT2D eigenvalue weighted by Gasteiger charge is -1.86. The van der Waals surface area contributed by atoms with Crippen LogP contribution in [0.1, 0.15) is 39.5 Å². The molecule has 0 N–H and O–H groups in total. The van der Waals surface area contributed by atoms with Crippen LogP contribution < -0.4 is 0 Å². The van der Waals surface area contributed by atoms with Gasteiger partial charge in [-0.1, -0.05) is 39.5 Å². The SMILES string of the molecule is CCCCCC.Cl.Cl.[B]. The van der Waals surface area contributed by atoms with Gasteiger partial charge in [0.15, 0.2) is 0 Å². The molecular weight excluding hydrogens is 154 g/mol. The van der Waals surface area contributed by atoms with Crippen LogP contribution in [0.4, 0.5) is 0 Å². The van der Waals surface area contributed by atoms with Crippen molar-refractivity contribution in [2.45, 2.75) is 39.5 Å². The maximum atomic E-state index is 2.23. The predicted octanol–water partition coefficient (Wildman–Crippen LogP) is 3.05. The summed E-state index contributed by atoms with van der Waals surface area (Å²) >= 11 is 0. The van der Waals surface area contributed by atoms with Crippen molar-refractivity contribution in [3.63, 3.8) is 0 Å². The minimum absolute atomic E-state index is 0. The second kappa shape index (κ2) is 23.4. The smallest absolute Gasteiger partial charge is 0 e. The van der Waals surface area contributed by atoms with Crippen LogP contribution in [0.5, 0.6) is 0 Å². The molecule has 0 spiro atoms. The summed E-state index contributed by atoms with van der Waals surface area (Å²) < 4.78 is 0. The van der Waals surface area contributed by atoms with Gasteiger partial charge in [-0.15, -0.1) is 24.8 Å². The van der Waals surface area contributed by atoms with Gasteiger partial charge in [0.05, 0.1) is 0 Å². The summed E-state index contributed by atoms with van der Waals surface area (Å²) in [6.07, 6.45) is 5.54. The van der Waals surface area contributed by atoms with E-state index < -0.39 is 0 Å². The third-order valence-corrected chi connectivity index (χ3v) is 0.957. The van der Waals surface area contributed by atoms with Crippen LogP contribution in [0.2, 0.25) is 0 Å². The lowest BCUT2D eigenvalue weighted by atomic mass is 10.2. The minimum atomic E-state index is 0. The fourth-order valence-corrected chi connectivity index (χ4v) is 0.500. The molecular formula is C6H16BCl2. The molecule has 9 heavy (non-hydrogen) atoms. The van der Waals surface area contributed by atoms with Gasteiger partial charge in [-0.2, -0.15) is 0 Å². The average Bonchev–Trinajstić information content (AvgIpc) is 1.61. The first-order chi connectivity index (χ1) is 2.91. The van der Waals surface area contributed by atoms with E-state index in [0.717, 1.165) is 0 Å². The maximum absolute atomic E-state index is 2.23. The van der Waals surface area contributed by atoms with Crippen molar-refractivity contribution in [2.24, 2.45) is 0 Å².